The number of amides is 2. The average molecular weight is 290 g/mol. The average Bonchev–Trinajstić information content (AvgIpc) is 3.16. The number of nitrogens with one attached hydrogen (secondary N) is 2. The standard InChI is InChI=1S/C13H23N3O2.ClH/c14-7-12(17)15-8-13(18)16-11-6-10(11)9-4-2-1-3-5-9;/h9-11H,1-8,14H2,(H,15,17)(H,16,18);1H. The Morgan fingerprint density at radius 1 is 1.11 bits per heavy atom. The van der Waals surface area contributed by atoms with Gasteiger partial charge in [-0.2, -0.15) is 0 Å². The van der Waals surface area contributed by atoms with Crippen LogP contribution in [0.2, 0.25) is 0 Å². The Bertz CT molecular complexity index is 319. The van der Waals surface area contributed by atoms with Crippen molar-refractivity contribution in [1.82, 2.24) is 10.6 Å². The quantitative estimate of drug-likeness (QED) is 0.692. The molecule has 6 heteroatoms. The van der Waals surface area contributed by atoms with Crippen molar-refractivity contribution in [3.63, 3.8) is 0 Å². The van der Waals surface area contributed by atoms with E-state index in [0.717, 1.165) is 12.3 Å². The van der Waals surface area contributed by atoms with E-state index in [4.69, 9.17) is 5.73 Å². The highest BCUT2D eigenvalue weighted by Gasteiger charge is 2.43. The third-order valence-corrected chi connectivity index (χ3v) is 4.07. The van der Waals surface area contributed by atoms with Gasteiger partial charge in [0.05, 0.1) is 13.1 Å². The molecule has 2 unspecified atom stereocenters. The molecule has 0 heterocycles. The van der Waals surface area contributed by atoms with Gasteiger partial charge >= 0.3 is 0 Å². The molecular weight excluding hydrogens is 266 g/mol. The Morgan fingerprint density at radius 2 is 1.79 bits per heavy atom. The van der Waals surface area contributed by atoms with E-state index < -0.39 is 0 Å². The molecule has 2 aliphatic carbocycles. The molecule has 2 saturated carbocycles. The Hall–Kier alpha value is -0.810. The lowest BCUT2D eigenvalue weighted by molar-refractivity contribution is -0.125. The lowest BCUT2D eigenvalue weighted by Gasteiger charge is -2.21. The summed E-state index contributed by atoms with van der Waals surface area (Å²) >= 11 is 0. The van der Waals surface area contributed by atoms with Crippen molar-refractivity contribution < 1.29 is 9.59 Å². The number of hydrogen-bond acceptors (Lipinski definition) is 3. The summed E-state index contributed by atoms with van der Waals surface area (Å²) in [4.78, 5) is 22.5. The van der Waals surface area contributed by atoms with Crippen LogP contribution in [0, 0.1) is 11.8 Å². The molecule has 2 aliphatic rings. The van der Waals surface area contributed by atoms with E-state index >= 15 is 0 Å². The first-order valence-corrected chi connectivity index (χ1v) is 6.97. The summed E-state index contributed by atoms with van der Waals surface area (Å²) < 4.78 is 0. The molecule has 0 aromatic carbocycles. The van der Waals surface area contributed by atoms with Crippen LogP contribution >= 0.6 is 12.4 Å². The van der Waals surface area contributed by atoms with E-state index in [-0.39, 0.29) is 37.3 Å². The minimum atomic E-state index is -0.287. The van der Waals surface area contributed by atoms with Gasteiger partial charge in [-0.15, -0.1) is 12.4 Å². The fraction of sp³-hybridized carbons (Fsp3) is 0.846. The first-order valence-electron chi connectivity index (χ1n) is 6.97. The lowest BCUT2D eigenvalue weighted by atomic mass is 9.85. The molecule has 0 bridgehead atoms. The summed E-state index contributed by atoms with van der Waals surface area (Å²) in [5.41, 5.74) is 5.15. The summed E-state index contributed by atoms with van der Waals surface area (Å²) in [7, 11) is 0. The van der Waals surface area contributed by atoms with E-state index in [9.17, 15) is 9.59 Å². The first kappa shape index (κ1) is 16.2. The van der Waals surface area contributed by atoms with Crippen molar-refractivity contribution in [3.05, 3.63) is 0 Å². The van der Waals surface area contributed by atoms with Gasteiger partial charge in [-0.05, 0) is 18.3 Å². The van der Waals surface area contributed by atoms with Crippen molar-refractivity contribution in [2.45, 2.75) is 44.6 Å². The number of carbonyl (C=O) groups excluding carboxylic acids is 2. The van der Waals surface area contributed by atoms with Gasteiger partial charge in [0.2, 0.25) is 11.8 Å². The zero-order valence-electron chi connectivity index (χ0n) is 11.2. The van der Waals surface area contributed by atoms with E-state index in [1.165, 1.54) is 32.1 Å². The fourth-order valence-electron chi connectivity index (χ4n) is 2.97. The first-order chi connectivity index (χ1) is 8.70. The molecule has 0 aromatic rings. The van der Waals surface area contributed by atoms with Crippen LogP contribution in [0.25, 0.3) is 0 Å². The zero-order chi connectivity index (χ0) is 13.0. The maximum atomic E-state index is 11.6. The molecule has 0 aromatic heterocycles. The molecule has 2 atom stereocenters. The monoisotopic (exact) mass is 289 g/mol. The van der Waals surface area contributed by atoms with Gasteiger partial charge in [0.1, 0.15) is 0 Å². The second-order valence-electron chi connectivity index (χ2n) is 5.45. The van der Waals surface area contributed by atoms with Crippen LogP contribution in [0.1, 0.15) is 38.5 Å². The summed E-state index contributed by atoms with van der Waals surface area (Å²) in [6.07, 6.45) is 7.80. The Morgan fingerprint density at radius 3 is 2.42 bits per heavy atom. The Balaban J connectivity index is 0.00000180. The van der Waals surface area contributed by atoms with Gasteiger partial charge in [0.25, 0.3) is 0 Å². The highest BCUT2D eigenvalue weighted by atomic mass is 35.5. The molecule has 0 spiro atoms. The van der Waals surface area contributed by atoms with Crippen molar-refractivity contribution in [2.75, 3.05) is 13.1 Å². The SMILES string of the molecule is Cl.NCC(=O)NCC(=O)NC1CC1C1CCCCC1. The van der Waals surface area contributed by atoms with Crippen molar-refractivity contribution >= 4 is 24.2 Å². The van der Waals surface area contributed by atoms with Gasteiger partial charge < -0.3 is 16.4 Å². The van der Waals surface area contributed by atoms with Crippen LogP contribution in [0.3, 0.4) is 0 Å². The maximum absolute atomic E-state index is 11.6. The van der Waals surface area contributed by atoms with Gasteiger partial charge in [-0.1, -0.05) is 32.1 Å². The van der Waals surface area contributed by atoms with Crippen LogP contribution in [-0.4, -0.2) is 30.9 Å². The van der Waals surface area contributed by atoms with E-state index in [1.807, 2.05) is 0 Å². The van der Waals surface area contributed by atoms with E-state index in [2.05, 4.69) is 10.6 Å². The topological polar surface area (TPSA) is 84.2 Å². The number of nitrogens with two attached hydrogens (primary N) is 1. The lowest BCUT2D eigenvalue weighted by Crippen LogP contribution is -2.40. The molecule has 2 rings (SSSR count). The Kier molecular flexibility index (Phi) is 6.58. The van der Waals surface area contributed by atoms with Crippen molar-refractivity contribution in [3.8, 4) is 0 Å². The summed E-state index contributed by atoms with van der Waals surface area (Å²) in [6.45, 7) is -0.0225. The molecule has 0 aliphatic heterocycles. The van der Waals surface area contributed by atoms with Crippen LogP contribution in [0.4, 0.5) is 0 Å². The van der Waals surface area contributed by atoms with Crippen LogP contribution < -0.4 is 16.4 Å². The van der Waals surface area contributed by atoms with Gasteiger partial charge in [0, 0.05) is 6.04 Å². The number of rotatable bonds is 5. The number of halogens is 1. The summed E-state index contributed by atoms with van der Waals surface area (Å²) in [5.74, 6) is 1.10. The maximum Gasteiger partial charge on any atom is 0.239 e. The fourth-order valence-corrected chi connectivity index (χ4v) is 2.97. The molecule has 4 N–H and O–H groups in total. The highest BCUT2D eigenvalue weighted by molar-refractivity contribution is 5.86. The molecule has 0 saturated heterocycles. The summed E-state index contributed by atoms with van der Waals surface area (Å²) in [5, 5.41) is 5.47. The smallest absolute Gasteiger partial charge is 0.239 e. The molecule has 110 valence electrons. The second kappa shape index (κ2) is 7.70. The van der Waals surface area contributed by atoms with Crippen LogP contribution in [0.15, 0.2) is 0 Å². The third kappa shape index (κ3) is 4.99. The largest absolute Gasteiger partial charge is 0.352 e. The predicted molar refractivity (Wildman–Crippen MR) is 75.9 cm³/mol. The second-order valence-corrected chi connectivity index (χ2v) is 5.45. The van der Waals surface area contributed by atoms with Crippen molar-refractivity contribution in [2.24, 2.45) is 17.6 Å². The normalized spacial score (nSPS) is 26.2. The van der Waals surface area contributed by atoms with E-state index in [1.54, 1.807) is 0 Å². The Labute approximate surface area is 120 Å². The van der Waals surface area contributed by atoms with Crippen molar-refractivity contribution in [1.29, 1.82) is 0 Å². The van der Waals surface area contributed by atoms with Gasteiger partial charge in [0.15, 0.2) is 0 Å². The molecule has 5 nitrogen and oxygen atoms in total. The molecule has 0 radical (unpaired) electrons. The van der Waals surface area contributed by atoms with Gasteiger partial charge in [-0.25, -0.2) is 0 Å². The molecule has 2 fully saturated rings. The number of carbonyl (C=O) groups is 2. The number of hydrogen-bond donors (Lipinski definition) is 3. The minimum absolute atomic E-state index is 0. The zero-order valence-corrected chi connectivity index (χ0v) is 12.0. The molecule has 2 amide bonds. The van der Waals surface area contributed by atoms with E-state index in [0.29, 0.717) is 12.0 Å². The van der Waals surface area contributed by atoms with Crippen LogP contribution in [0.5, 0.6) is 0 Å². The minimum Gasteiger partial charge on any atom is -0.352 e. The van der Waals surface area contributed by atoms with Gasteiger partial charge in [-0.3, -0.25) is 9.59 Å². The molecular formula is C13H24ClN3O2. The predicted octanol–water partition coefficient (Wildman–Crippen LogP) is 0.568. The highest BCUT2D eigenvalue weighted by Crippen LogP contribution is 2.44. The molecule has 19 heavy (non-hydrogen) atoms. The van der Waals surface area contributed by atoms with Crippen LogP contribution in [-0.2, 0) is 9.59 Å². The third-order valence-electron chi connectivity index (χ3n) is 4.07. The summed E-state index contributed by atoms with van der Waals surface area (Å²) in [6, 6.07) is 0.343.